The zero-order chi connectivity index (χ0) is 17.8. The largest absolute Gasteiger partial charge is 0.444 e. The van der Waals surface area contributed by atoms with Gasteiger partial charge in [-0.15, -0.1) is 0 Å². The molecule has 7 nitrogen and oxygen atoms in total. The number of hydrogen-bond acceptors (Lipinski definition) is 5. The summed E-state index contributed by atoms with van der Waals surface area (Å²) in [6.45, 7) is 8.28. The molecule has 2 aliphatic rings. The number of ether oxygens (including phenoxy) is 1. The molecule has 2 aromatic rings. The Balaban J connectivity index is 1.35. The summed E-state index contributed by atoms with van der Waals surface area (Å²) in [5.41, 5.74) is 0.433. The van der Waals surface area contributed by atoms with Crippen LogP contribution < -0.4 is 4.90 Å². The molecule has 2 fully saturated rings. The maximum Gasteiger partial charge on any atom is 0.410 e. The molecule has 2 aromatic heterocycles. The van der Waals surface area contributed by atoms with Crippen LogP contribution in [0.3, 0.4) is 0 Å². The van der Waals surface area contributed by atoms with Crippen LogP contribution in [0.5, 0.6) is 0 Å². The Morgan fingerprint density at radius 2 is 2.08 bits per heavy atom. The van der Waals surface area contributed by atoms with Crippen molar-refractivity contribution < 1.29 is 9.53 Å². The fourth-order valence-corrected chi connectivity index (χ4v) is 3.96. The van der Waals surface area contributed by atoms with E-state index in [0.29, 0.717) is 17.8 Å². The van der Waals surface area contributed by atoms with E-state index in [1.165, 1.54) is 0 Å². The summed E-state index contributed by atoms with van der Waals surface area (Å²) in [4.78, 5) is 28.0. The van der Waals surface area contributed by atoms with Crippen LogP contribution in [0.15, 0.2) is 18.6 Å². The summed E-state index contributed by atoms with van der Waals surface area (Å²) < 4.78 is 5.47. The molecule has 25 heavy (non-hydrogen) atoms. The summed E-state index contributed by atoms with van der Waals surface area (Å²) in [6.07, 6.45) is 3.31. The number of piperidine rings is 1. The van der Waals surface area contributed by atoms with Crippen molar-refractivity contribution in [3.63, 3.8) is 0 Å². The highest BCUT2D eigenvalue weighted by Crippen LogP contribution is 2.52. The SMILES string of the molecule is CN(CC1C2CN(C(=O)OC(C)(C)C)CC21)c1ncnc2[nH]ccc12. The van der Waals surface area contributed by atoms with Crippen molar-refractivity contribution in [2.24, 2.45) is 17.8 Å². The fourth-order valence-electron chi connectivity index (χ4n) is 3.96. The first kappa shape index (κ1) is 16.2. The molecule has 4 rings (SSSR count). The van der Waals surface area contributed by atoms with Gasteiger partial charge < -0.3 is 19.5 Å². The third-order valence-electron chi connectivity index (χ3n) is 5.20. The summed E-state index contributed by atoms with van der Waals surface area (Å²) in [7, 11) is 2.08. The molecule has 0 spiro atoms. The number of fused-ring (bicyclic) bond motifs is 2. The number of nitrogens with zero attached hydrogens (tertiary/aromatic N) is 4. The van der Waals surface area contributed by atoms with Crippen LogP contribution in [0.1, 0.15) is 20.8 Å². The first-order chi connectivity index (χ1) is 11.8. The lowest BCUT2D eigenvalue weighted by Crippen LogP contribution is -2.37. The molecule has 1 N–H and O–H groups in total. The predicted molar refractivity (Wildman–Crippen MR) is 95.4 cm³/mol. The van der Waals surface area contributed by atoms with Gasteiger partial charge in [0.05, 0.1) is 5.39 Å². The number of carbonyl (C=O) groups is 1. The monoisotopic (exact) mass is 343 g/mol. The van der Waals surface area contributed by atoms with Gasteiger partial charge in [0.2, 0.25) is 0 Å². The minimum Gasteiger partial charge on any atom is -0.444 e. The average Bonchev–Trinajstić information content (AvgIpc) is 2.97. The van der Waals surface area contributed by atoms with Crippen molar-refractivity contribution >= 4 is 22.9 Å². The van der Waals surface area contributed by atoms with E-state index in [0.717, 1.165) is 36.5 Å². The van der Waals surface area contributed by atoms with E-state index >= 15 is 0 Å². The molecule has 1 saturated heterocycles. The molecule has 1 aliphatic carbocycles. The highest BCUT2D eigenvalue weighted by Gasteiger charge is 2.57. The van der Waals surface area contributed by atoms with Gasteiger partial charge in [-0.25, -0.2) is 14.8 Å². The minimum atomic E-state index is -0.432. The smallest absolute Gasteiger partial charge is 0.410 e. The maximum absolute atomic E-state index is 12.2. The number of aromatic nitrogens is 3. The summed E-state index contributed by atoms with van der Waals surface area (Å²) in [6, 6.07) is 2.01. The maximum atomic E-state index is 12.2. The van der Waals surface area contributed by atoms with Crippen LogP contribution in [0, 0.1) is 17.8 Å². The Morgan fingerprint density at radius 1 is 1.36 bits per heavy atom. The van der Waals surface area contributed by atoms with Crippen LogP contribution in [0.4, 0.5) is 10.6 Å². The van der Waals surface area contributed by atoms with Crippen molar-refractivity contribution in [3.05, 3.63) is 18.6 Å². The molecule has 7 heteroatoms. The standard InChI is InChI=1S/C18H25N5O2/c1-18(2,3)25-17(24)23-8-13-12(14(13)9-23)7-22(4)16-11-5-6-19-15(11)20-10-21-16/h5-6,10,12-14H,7-9H2,1-4H3,(H,19,20,21). The van der Waals surface area contributed by atoms with Gasteiger partial charge in [-0.2, -0.15) is 0 Å². The van der Waals surface area contributed by atoms with E-state index in [1.54, 1.807) is 6.33 Å². The normalized spacial score (nSPS) is 25.1. The van der Waals surface area contributed by atoms with Crippen LogP contribution >= 0.6 is 0 Å². The molecular weight excluding hydrogens is 318 g/mol. The lowest BCUT2D eigenvalue weighted by molar-refractivity contribution is 0.0266. The summed E-state index contributed by atoms with van der Waals surface area (Å²) in [5, 5.41) is 1.05. The molecule has 1 saturated carbocycles. The number of nitrogens with one attached hydrogen (secondary N) is 1. The number of rotatable bonds is 3. The Morgan fingerprint density at radius 3 is 2.76 bits per heavy atom. The first-order valence-electron chi connectivity index (χ1n) is 8.80. The molecule has 134 valence electrons. The molecule has 1 amide bonds. The van der Waals surface area contributed by atoms with Gasteiger partial charge in [0.1, 0.15) is 23.4 Å². The second kappa shape index (κ2) is 5.61. The van der Waals surface area contributed by atoms with Crippen molar-refractivity contribution in [2.45, 2.75) is 26.4 Å². The quantitative estimate of drug-likeness (QED) is 0.927. The number of anilines is 1. The Hall–Kier alpha value is -2.31. The Bertz CT molecular complexity index is 784. The zero-order valence-corrected chi connectivity index (χ0v) is 15.2. The molecule has 2 atom stereocenters. The van der Waals surface area contributed by atoms with Gasteiger partial charge in [-0.3, -0.25) is 0 Å². The highest BCUT2D eigenvalue weighted by molar-refractivity contribution is 5.87. The molecule has 0 bridgehead atoms. The molecule has 0 radical (unpaired) electrons. The molecular formula is C18H25N5O2. The van der Waals surface area contributed by atoms with Gasteiger partial charge in [0, 0.05) is 32.9 Å². The fraction of sp³-hybridized carbons (Fsp3) is 0.611. The average molecular weight is 343 g/mol. The van der Waals surface area contributed by atoms with E-state index in [2.05, 4.69) is 26.9 Å². The Labute approximate surface area is 147 Å². The van der Waals surface area contributed by atoms with Crippen molar-refractivity contribution in [3.8, 4) is 0 Å². The van der Waals surface area contributed by atoms with E-state index in [9.17, 15) is 4.79 Å². The van der Waals surface area contributed by atoms with E-state index in [-0.39, 0.29) is 6.09 Å². The van der Waals surface area contributed by atoms with Gasteiger partial charge in [0.15, 0.2) is 0 Å². The number of aromatic amines is 1. The zero-order valence-electron chi connectivity index (χ0n) is 15.2. The van der Waals surface area contributed by atoms with Gasteiger partial charge in [-0.1, -0.05) is 0 Å². The van der Waals surface area contributed by atoms with Gasteiger partial charge >= 0.3 is 6.09 Å². The van der Waals surface area contributed by atoms with Crippen LogP contribution in [-0.2, 0) is 4.74 Å². The van der Waals surface area contributed by atoms with E-state index < -0.39 is 5.60 Å². The van der Waals surface area contributed by atoms with Crippen molar-refractivity contribution in [1.29, 1.82) is 0 Å². The second-order valence-corrected chi connectivity index (χ2v) is 8.19. The van der Waals surface area contributed by atoms with Crippen molar-refractivity contribution in [1.82, 2.24) is 19.9 Å². The predicted octanol–water partition coefficient (Wildman–Crippen LogP) is 2.51. The number of amides is 1. The lowest BCUT2D eigenvalue weighted by atomic mass is 10.2. The first-order valence-corrected chi connectivity index (χ1v) is 8.80. The highest BCUT2D eigenvalue weighted by atomic mass is 16.6. The lowest BCUT2D eigenvalue weighted by Gasteiger charge is -2.26. The molecule has 2 unspecified atom stereocenters. The van der Waals surface area contributed by atoms with Gasteiger partial charge in [-0.05, 0) is 44.6 Å². The molecule has 0 aromatic carbocycles. The number of carbonyl (C=O) groups excluding carboxylic acids is 1. The summed E-state index contributed by atoms with van der Waals surface area (Å²) >= 11 is 0. The third kappa shape index (κ3) is 3.03. The van der Waals surface area contributed by atoms with Crippen LogP contribution in [0.25, 0.3) is 11.0 Å². The third-order valence-corrected chi connectivity index (χ3v) is 5.20. The second-order valence-electron chi connectivity index (χ2n) is 8.19. The molecule has 1 aliphatic heterocycles. The van der Waals surface area contributed by atoms with Crippen LogP contribution in [-0.4, -0.2) is 58.2 Å². The Kier molecular flexibility index (Phi) is 3.63. The van der Waals surface area contributed by atoms with E-state index in [4.69, 9.17) is 4.74 Å². The van der Waals surface area contributed by atoms with Crippen LogP contribution in [0.2, 0.25) is 0 Å². The number of hydrogen-bond donors (Lipinski definition) is 1. The van der Waals surface area contributed by atoms with Gasteiger partial charge in [0.25, 0.3) is 0 Å². The molecule has 3 heterocycles. The van der Waals surface area contributed by atoms with Crippen molar-refractivity contribution in [2.75, 3.05) is 31.6 Å². The number of likely N-dealkylation sites (tertiary alicyclic amines) is 1. The minimum absolute atomic E-state index is 0.184. The number of H-pyrrole nitrogens is 1. The topological polar surface area (TPSA) is 74.3 Å². The van der Waals surface area contributed by atoms with E-state index in [1.807, 2.05) is 37.9 Å². The summed E-state index contributed by atoms with van der Waals surface area (Å²) in [5.74, 6) is 2.74.